The third-order valence-corrected chi connectivity index (χ3v) is 5.17. The van der Waals surface area contributed by atoms with Gasteiger partial charge >= 0.3 is 0 Å². The molecule has 0 fully saturated rings. The first-order valence-corrected chi connectivity index (χ1v) is 9.78. The minimum atomic E-state index is -0.553. The van der Waals surface area contributed by atoms with E-state index in [-0.39, 0.29) is 5.91 Å². The molecule has 1 heterocycles. The van der Waals surface area contributed by atoms with Crippen molar-refractivity contribution in [3.05, 3.63) is 29.8 Å². The van der Waals surface area contributed by atoms with Crippen molar-refractivity contribution in [2.24, 2.45) is 0 Å². The lowest BCUT2D eigenvalue weighted by molar-refractivity contribution is -0.122. The van der Waals surface area contributed by atoms with E-state index in [2.05, 4.69) is 36.3 Å². The van der Waals surface area contributed by atoms with Crippen LogP contribution >= 0.6 is 23.1 Å². The van der Waals surface area contributed by atoms with Gasteiger partial charge in [-0.3, -0.25) is 10.1 Å². The van der Waals surface area contributed by atoms with E-state index in [0.717, 1.165) is 10.8 Å². The fourth-order valence-corrected chi connectivity index (χ4v) is 3.96. The van der Waals surface area contributed by atoms with E-state index >= 15 is 0 Å². The maximum absolute atomic E-state index is 12.4. The number of carbonyl (C=O) groups excluding carboxylic acids is 1. The summed E-state index contributed by atoms with van der Waals surface area (Å²) in [5, 5.41) is 11.8. The second-order valence-electron chi connectivity index (χ2n) is 5.54. The summed E-state index contributed by atoms with van der Waals surface area (Å²) in [7, 11) is 0. The van der Waals surface area contributed by atoms with Crippen molar-refractivity contribution in [3.63, 3.8) is 0 Å². The van der Waals surface area contributed by atoms with Crippen molar-refractivity contribution in [1.29, 1.82) is 0 Å². The predicted octanol–water partition coefficient (Wildman–Crippen LogP) is 4.40. The average Bonchev–Trinajstić information content (AvgIpc) is 2.99. The fraction of sp³-hybridized carbons (Fsp3) is 0.471. The highest BCUT2D eigenvalue weighted by molar-refractivity contribution is 8.01. The van der Waals surface area contributed by atoms with Crippen molar-refractivity contribution < 1.29 is 9.53 Å². The first-order valence-electron chi connectivity index (χ1n) is 8.08. The minimum absolute atomic E-state index is 0.200. The van der Waals surface area contributed by atoms with E-state index < -0.39 is 6.10 Å². The Kier molecular flexibility index (Phi) is 7.05. The quantitative estimate of drug-likeness (QED) is 0.555. The van der Waals surface area contributed by atoms with E-state index in [1.54, 1.807) is 11.8 Å². The zero-order valence-corrected chi connectivity index (χ0v) is 16.0. The topological polar surface area (TPSA) is 64.1 Å². The lowest BCUT2D eigenvalue weighted by Gasteiger charge is -2.16. The molecule has 24 heavy (non-hydrogen) atoms. The van der Waals surface area contributed by atoms with Crippen LogP contribution in [0.15, 0.2) is 28.6 Å². The highest BCUT2D eigenvalue weighted by Gasteiger charge is 2.20. The molecular formula is C17H23N3O2S2. The van der Waals surface area contributed by atoms with Gasteiger partial charge in [0.2, 0.25) is 5.13 Å². The molecule has 1 aromatic carbocycles. The summed E-state index contributed by atoms with van der Waals surface area (Å²) in [5.41, 5.74) is 1.24. The molecule has 1 N–H and O–H groups in total. The van der Waals surface area contributed by atoms with Crippen LogP contribution < -0.4 is 10.1 Å². The minimum Gasteiger partial charge on any atom is -0.481 e. The lowest BCUT2D eigenvalue weighted by atomic mass is 10.2. The SMILES string of the molecule is CCc1ccc(OC(CC)C(=O)Nc2nnc(SC(C)C)s2)cc1. The van der Waals surface area contributed by atoms with Gasteiger partial charge in [-0.2, -0.15) is 0 Å². The van der Waals surface area contributed by atoms with Crippen LogP contribution in [0.4, 0.5) is 5.13 Å². The Morgan fingerprint density at radius 3 is 2.54 bits per heavy atom. The van der Waals surface area contributed by atoms with Crippen molar-refractivity contribution in [2.75, 3.05) is 5.32 Å². The summed E-state index contributed by atoms with van der Waals surface area (Å²) < 4.78 is 6.66. The number of aromatic nitrogens is 2. The average molecular weight is 366 g/mol. The number of nitrogens with zero attached hydrogens (tertiary/aromatic N) is 2. The molecule has 0 bridgehead atoms. The molecule has 130 valence electrons. The van der Waals surface area contributed by atoms with Crippen molar-refractivity contribution >= 4 is 34.1 Å². The number of rotatable bonds is 8. The van der Waals surface area contributed by atoms with Gasteiger partial charge in [0, 0.05) is 5.25 Å². The van der Waals surface area contributed by atoms with E-state index in [0.29, 0.717) is 22.6 Å². The van der Waals surface area contributed by atoms with Crippen LogP contribution in [0.3, 0.4) is 0 Å². The van der Waals surface area contributed by atoms with Gasteiger partial charge in [-0.1, -0.05) is 62.9 Å². The summed E-state index contributed by atoms with van der Waals surface area (Å²) in [5.74, 6) is 0.497. The smallest absolute Gasteiger partial charge is 0.267 e. The summed E-state index contributed by atoms with van der Waals surface area (Å²) in [4.78, 5) is 12.4. The second kappa shape index (κ2) is 9.03. The van der Waals surface area contributed by atoms with Crippen LogP contribution in [0.2, 0.25) is 0 Å². The Balaban J connectivity index is 1.96. The Hall–Kier alpha value is -1.60. The van der Waals surface area contributed by atoms with E-state index in [9.17, 15) is 4.79 Å². The largest absolute Gasteiger partial charge is 0.481 e. The van der Waals surface area contributed by atoms with Gasteiger partial charge in [-0.05, 0) is 30.5 Å². The molecule has 0 saturated carbocycles. The molecule has 2 aromatic rings. The molecule has 0 aliphatic carbocycles. The summed E-state index contributed by atoms with van der Waals surface area (Å²) in [6, 6.07) is 7.83. The molecule has 2 rings (SSSR count). The van der Waals surface area contributed by atoms with E-state index in [4.69, 9.17) is 4.74 Å². The van der Waals surface area contributed by atoms with Crippen molar-refractivity contribution in [1.82, 2.24) is 10.2 Å². The van der Waals surface area contributed by atoms with Gasteiger partial charge in [-0.15, -0.1) is 10.2 Å². The first-order chi connectivity index (χ1) is 11.5. The summed E-state index contributed by atoms with van der Waals surface area (Å²) in [6.07, 6.45) is 1.00. The first kappa shape index (κ1) is 18.7. The molecule has 0 radical (unpaired) electrons. The van der Waals surface area contributed by atoms with Crippen molar-refractivity contribution in [2.45, 2.75) is 56.2 Å². The second-order valence-corrected chi connectivity index (χ2v) is 8.34. The third kappa shape index (κ3) is 5.49. The molecular weight excluding hydrogens is 342 g/mol. The van der Waals surface area contributed by atoms with Crippen LogP contribution in [-0.4, -0.2) is 27.5 Å². The highest BCUT2D eigenvalue weighted by Crippen LogP contribution is 2.28. The Bertz CT molecular complexity index is 656. The maximum Gasteiger partial charge on any atom is 0.267 e. The van der Waals surface area contributed by atoms with Crippen molar-refractivity contribution in [3.8, 4) is 5.75 Å². The van der Waals surface area contributed by atoms with Gasteiger partial charge in [-0.25, -0.2) is 0 Å². The van der Waals surface area contributed by atoms with Gasteiger partial charge < -0.3 is 4.74 Å². The number of hydrogen-bond acceptors (Lipinski definition) is 6. The number of ether oxygens (including phenoxy) is 1. The Morgan fingerprint density at radius 1 is 1.25 bits per heavy atom. The molecule has 1 atom stereocenters. The fourth-order valence-electron chi connectivity index (χ4n) is 1.99. The molecule has 1 aromatic heterocycles. The molecule has 0 spiro atoms. The predicted molar refractivity (Wildman–Crippen MR) is 100 cm³/mol. The summed E-state index contributed by atoms with van der Waals surface area (Å²) >= 11 is 3.01. The van der Waals surface area contributed by atoms with Crippen LogP contribution in [-0.2, 0) is 11.2 Å². The molecule has 0 saturated heterocycles. The number of nitrogens with one attached hydrogen (secondary N) is 1. The number of aryl methyl sites for hydroxylation is 1. The summed E-state index contributed by atoms with van der Waals surface area (Å²) in [6.45, 7) is 8.21. The number of amides is 1. The number of anilines is 1. The number of benzene rings is 1. The monoisotopic (exact) mass is 365 g/mol. The van der Waals surface area contributed by atoms with E-state index in [1.165, 1.54) is 16.9 Å². The van der Waals surface area contributed by atoms with Gasteiger partial charge in [0.05, 0.1) is 0 Å². The molecule has 7 heteroatoms. The molecule has 1 unspecified atom stereocenters. The number of thioether (sulfide) groups is 1. The highest BCUT2D eigenvalue weighted by atomic mass is 32.2. The standard InChI is InChI=1S/C17H23N3O2S2/c1-5-12-7-9-13(10-8-12)22-14(6-2)15(21)18-16-19-20-17(24-16)23-11(3)4/h7-11,14H,5-6H2,1-4H3,(H,18,19,21). The zero-order chi connectivity index (χ0) is 17.5. The lowest BCUT2D eigenvalue weighted by Crippen LogP contribution is -2.32. The Labute approximate surface area is 151 Å². The van der Waals surface area contributed by atoms with Gasteiger partial charge in [0.25, 0.3) is 5.91 Å². The molecule has 0 aliphatic heterocycles. The Morgan fingerprint density at radius 2 is 1.96 bits per heavy atom. The maximum atomic E-state index is 12.4. The molecule has 0 aliphatic rings. The number of hydrogen-bond donors (Lipinski definition) is 1. The molecule has 1 amide bonds. The van der Waals surface area contributed by atoms with Crippen LogP contribution in [0.1, 0.15) is 39.7 Å². The normalized spacial score (nSPS) is 12.2. The van der Waals surface area contributed by atoms with E-state index in [1.807, 2.05) is 31.2 Å². The van der Waals surface area contributed by atoms with Gasteiger partial charge in [0.15, 0.2) is 10.4 Å². The third-order valence-electron chi connectivity index (χ3n) is 3.25. The number of carbonyl (C=O) groups is 1. The van der Waals surface area contributed by atoms with Crippen LogP contribution in [0.25, 0.3) is 0 Å². The molecule has 5 nitrogen and oxygen atoms in total. The van der Waals surface area contributed by atoms with Gasteiger partial charge in [0.1, 0.15) is 5.75 Å². The van der Waals surface area contributed by atoms with Crippen LogP contribution in [0.5, 0.6) is 5.75 Å². The van der Waals surface area contributed by atoms with Crippen LogP contribution in [0, 0.1) is 0 Å². The zero-order valence-electron chi connectivity index (χ0n) is 14.4.